The average molecular weight is 234 g/mol. The molecule has 0 saturated heterocycles. The van der Waals surface area contributed by atoms with E-state index in [4.69, 9.17) is 4.42 Å². The van der Waals surface area contributed by atoms with Crippen molar-refractivity contribution in [2.24, 2.45) is 0 Å². The smallest absolute Gasteiger partial charge is 0.277 e. The molecule has 0 N–H and O–H groups in total. The van der Waals surface area contributed by atoms with Crippen LogP contribution in [-0.2, 0) is 0 Å². The first kappa shape index (κ1) is 11.2. The maximum Gasteiger partial charge on any atom is 0.277 e. The standard InChI is InChI=1S/C12H14N2OS/c1-12(2,3)16-11-14-13-10(15-11)9-7-5-4-6-8-9/h4-8H,1-3H3. The monoisotopic (exact) mass is 234 g/mol. The van der Waals surface area contributed by atoms with Gasteiger partial charge in [0, 0.05) is 10.3 Å². The van der Waals surface area contributed by atoms with E-state index >= 15 is 0 Å². The summed E-state index contributed by atoms with van der Waals surface area (Å²) in [6.07, 6.45) is 0. The number of hydrogen-bond acceptors (Lipinski definition) is 4. The zero-order valence-electron chi connectivity index (χ0n) is 9.60. The topological polar surface area (TPSA) is 38.9 Å². The molecule has 0 unspecified atom stereocenters. The Kier molecular flexibility index (Phi) is 3.01. The molecule has 0 radical (unpaired) electrons. The predicted molar refractivity (Wildman–Crippen MR) is 65.3 cm³/mol. The Morgan fingerprint density at radius 1 is 1.06 bits per heavy atom. The van der Waals surface area contributed by atoms with Gasteiger partial charge in [0.1, 0.15) is 0 Å². The second-order valence-corrected chi connectivity index (χ2v) is 6.23. The minimum atomic E-state index is 0.0838. The minimum Gasteiger partial charge on any atom is -0.411 e. The van der Waals surface area contributed by atoms with Crippen molar-refractivity contribution in [1.29, 1.82) is 0 Å². The van der Waals surface area contributed by atoms with Gasteiger partial charge in [0.2, 0.25) is 5.89 Å². The van der Waals surface area contributed by atoms with Gasteiger partial charge in [-0.3, -0.25) is 0 Å². The lowest BCUT2D eigenvalue weighted by Crippen LogP contribution is -2.06. The highest BCUT2D eigenvalue weighted by Gasteiger charge is 2.17. The highest BCUT2D eigenvalue weighted by atomic mass is 32.2. The third kappa shape index (κ3) is 2.85. The molecule has 1 aromatic carbocycles. The first-order chi connectivity index (χ1) is 7.54. The van der Waals surface area contributed by atoms with Crippen molar-refractivity contribution in [3.05, 3.63) is 30.3 Å². The molecule has 84 valence electrons. The van der Waals surface area contributed by atoms with Crippen LogP contribution in [0.25, 0.3) is 11.5 Å². The van der Waals surface area contributed by atoms with Gasteiger partial charge in [0.15, 0.2) is 0 Å². The van der Waals surface area contributed by atoms with E-state index in [0.29, 0.717) is 11.1 Å². The lowest BCUT2D eigenvalue weighted by atomic mass is 10.2. The van der Waals surface area contributed by atoms with Crippen LogP contribution in [0.4, 0.5) is 0 Å². The van der Waals surface area contributed by atoms with Gasteiger partial charge >= 0.3 is 0 Å². The van der Waals surface area contributed by atoms with E-state index in [0.717, 1.165) is 5.56 Å². The molecule has 0 atom stereocenters. The highest BCUT2D eigenvalue weighted by Crippen LogP contribution is 2.32. The first-order valence-electron chi connectivity index (χ1n) is 5.12. The van der Waals surface area contributed by atoms with Crippen molar-refractivity contribution in [2.45, 2.75) is 30.7 Å². The molecule has 2 aromatic rings. The van der Waals surface area contributed by atoms with E-state index in [1.54, 1.807) is 11.8 Å². The largest absolute Gasteiger partial charge is 0.411 e. The van der Waals surface area contributed by atoms with Crippen LogP contribution in [0.3, 0.4) is 0 Å². The fourth-order valence-corrected chi connectivity index (χ4v) is 1.94. The number of thioether (sulfide) groups is 1. The molecule has 2 rings (SSSR count). The van der Waals surface area contributed by atoms with E-state index in [1.165, 1.54) is 0 Å². The minimum absolute atomic E-state index is 0.0838. The zero-order valence-corrected chi connectivity index (χ0v) is 10.4. The molecule has 3 nitrogen and oxygen atoms in total. The molecular formula is C12H14N2OS. The van der Waals surface area contributed by atoms with E-state index in [-0.39, 0.29) is 4.75 Å². The molecule has 1 aromatic heterocycles. The van der Waals surface area contributed by atoms with E-state index in [1.807, 2.05) is 30.3 Å². The van der Waals surface area contributed by atoms with Crippen molar-refractivity contribution < 1.29 is 4.42 Å². The van der Waals surface area contributed by atoms with Gasteiger partial charge in [-0.15, -0.1) is 10.2 Å². The molecule has 4 heteroatoms. The van der Waals surface area contributed by atoms with Crippen LogP contribution in [-0.4, -0.2) is 14.9 Å². The zero-order chi connectivity index (χ0) is 11.6. The molecule has 0 fully saturated rings. The molecule has 0 amide bonds. The summed E-state index contributed by atoms with van der Waals surface area (Å²) >= 11 is 1.58. The number of rotatable bonds is 2. The van der Waals surface area contributed by atoms with Crippen molar-refractivity contribution >= 4 is 11.8 Å². The van der Waals surface area contributed by atoms with Gasteiger partial charge in [-0.05, 0) is 12.1 Å². The summed E-state index contributed by atoms with van der Waals surface area (Å²) < 4.78 is 5.67. The Morgan fingerprint density at radius 2 is 1.75 bits per heavy atom. The van der Waals surface area contributed by atoms with Gasteiger partial charge in [-0.25, -0.2) is 0 Å². The van der Waals surface area contributed by atoms with Crippen LogP contribution < -0.4 is 0 Å². The average Bonchev–Trinajstić information content (AvgIpc) is 2.65. The maximum absolute atomic E-state index is 5.59. The number of aromatic nitrogens is 2. The predicted octanol–water partition coefficient (Wildman–Crippen LogP) is 3.63. The Morgan fingerprint density at radius 3 is 2.38 bits per heavy atom. The Hall–Kier alpha value is -1.29. The second kappa shape index (κ2) is 4.29. The van der Waals surface area contributed by atoms with Crippen LogP contribution in [0.5, 0.6) is 0 Å². The molecule has 1 heterocycles. The van der Waals surface area contributed by atoms with E-state index < -0.39 is 0 Å². The van der Waals surface area contributed by atoms with Gasteiger partial charge in [-0.2, -0.15) is 0 Å². The normalized spacial score (nSPS) is 11.7. The Labute approximate surface area is 99.3 Å². The van der Waals surface area contributed by atoms with E-state index in [2.05, 4.69) is 31.0 Å². The number of nitrogens with zero attached hydrogens (tertiary/aromatic N) is 2. The summed E-state index contributed by atoms with van der Waals surface area (Å²) in [7, 11) is 0. The van der Waals surface area contributed by atoms with Gasteiger partial charge < -0.3 is 4.42 Å². The van der Waals surface area contributed by atoms with Crippen LogP contribution >= 0.6 is 11.8 Å². The first-order valence-corrected chi connectivity index (χ1v) is 5.94. The maximum atomic E-state index is 5.59. The SMILES string of the molecule is CC(C)(C)Sc1nnc(-c2ccccc2)o1. The second-order valence-electron chi connectivity index (χ2n) is 4.45. The summed E-state index contributed by atoms with van der Waals surface area (Å²) in [5, 5.41) is 8.67. The summed E-state index contributed by atoms with van der Waals surface area (Å²) in [5.74, 6) is 0.576. The lowest BCUT2D eigenvalue weighted by molar-refractivity contribution is 0.463. The molecule has 0 saturated carbocycles. The van der Waals surface area contributed by atoms with Crippen LogP contribution in [0.2, 0.25) is 0 Å². The van der Waals surface area contributed by atoms with Gasteiger partial charge in [0.05, 0.1) is 0 Å². The summed E-state index contributed by atoms with van der Waals surface area (Å²) in [6, 6.07) is 9.79. The van der Waals surface area contributed by atoms with Crippen molar-refractivity contribution in [1.82, 2.24) is 10.2 Å². The lowest BCUT2D eigenvalue weighted by Gasteiger charge is -2.13. The van der Waals surface area contributed by atoms with Crippen molar-refractivity contribution in [3.8, 4) is 11.5 Å². The quantitative estimate of drug-likeness (QED) is 0.744. The third-order valence-corrected chi connectivity index (χ3v) is 2.77. The summed E-state index contributed by atoms with van der Waals surface area (Å²) in [4.78, 5) is 0. The summed E-state index contributed by atoms with van der Waals surface area (Å²) in [5.41, 5.74) is 0.954. The number of hydrogen-bond donors (Lipinski definition) is 0. The van der Waals surface area contributed by atoms with Crippen molar-refractivity contribution in [2.75, 3.05) is 0 Å². The highest BCUT2D eigenvalue weighted by molar-refractivity contribution is 8.00. The Balaban J connectivity index is 2.21. The van der Waals surface area contributed by atoms with Crippen LogP contribution in [0, 0.1) is 0 Å². The number of benzene rings is 1. The van der Waals surface area contributed by atoms with Crippen LogP contribution in [0.15, 0.2) is 40.0 Å². The summed E-state index contributed by atoms with van der Waals surface area (Å²) in [6.45, 7) is 6.35. The van der Waals surface area contributed by atoms with Crippen LogP contribution in [0.1, 0.15) is 20.8 Å². The van der Waals surface area contributed by atoms with Gasteiger partial charge in [0.25, 0.3) is 5.22 Å². The molecular weight excluding hydrogens is 220 g/mol. The molecule has 16 heavy (non-hydrogen) atoms. The van der Waals surface area contributed by atoms with E-state index in [9.17, 15) is 0 Å². The molecule has 0 aliphatic rings. The Bertz CT molecular complexity index is 459. The molecule has 0 spiro atoms. The fourth-order valence-electron chi connectivity index (χ4n) is 1.21. The van der Waals surface area contributed by atoms with Crippen molar-refractivity contribution in [3.63, 3.8) is 0 Å². The molecule has 0 aliphatic heterocycles. The molecule has 0 bridgehead atoms. The fraction of sp³-hybridized carbons (Fsp3) is 0.333. The van der Waals surface area contributed by atoms with Gasteiger partial charge in [-0.1, -0.05) is 50.7 Å². The molecule has 0 aliphatic carbocycles. The third-order valence-electron chi connectivity index (χ3n) is 1.82.